The predicted octanol–water partition coefficient (Wildman–Crippen LogP) is 3.47. The van der Waals surface area contributed by atoms with Gasteiger partial charge in [0.15, 0.2) is 0 Å². The molecule has 0 radical (unpaired) electrons. The summed E-state index contributed by atoms with van der Waals surface area (Å²) < 4.78 is 2.13. The number of hydrogen-bond acceptors (Lipinski definition) is 2. The van der Waals surface area contributed by atoms with Gasteiger partial charge in [0.2, 0.25) is 0 Å². The smallest absolute Gasteiger partial charge is 0.135 e. The van der Waals surface area contributed by atoms with Gasteiger partial charge < -0.3 is 9.67 Å². The Morgan fingerprint density at radius 1 is 1.05 bits per heavy atom. The van der Waals surface area contributed by atoms with Crippen LogP contribution in [0.3, 0.4) is 0 Å². The zero-order chi connectivity index (χ0) is 14.7. The summed E-state index contributed by atoms with van der Waals surface area (Å²) in [6.07, 6.45) is 2.09. The summed E-state index contributed by atoms with van der Waals surface area (Å²) in [6, 6.07) is 16.6. The molecule has 21 heavy (non-hydrogen) atoms. The number of para-hydroxylation sites is 2. The summed E-state index contributed by atoms with van der Waals surface area (Å²) in [4.78, 5) is 4.49. The first-order chi connectivity index (χ1) is 10.3. The van der Waals surface area contributed by atoms with Crippen LogP contribution in [0.4, 0.5) is 0 Å². The molecule has 3 nitrogen and oxygen atoms in total. The van der Waals surface area contributed by atoms with Crippen molar-refractivity contribution >= 4 is 11.0 Å². The number of imidazole rings is 1. The Kier molecular flexibility index (Phi) is 4.02. The molecular formula is C18H20N2O. The molecular weight excluding hydrogens is 260 g/mol. The largest absolute Gasteiger partial charge is 0.388 e. The van der Waals surface area contributed by atoms with E-state index in [1.807, 2.05) is 18.2 Å². The molecule has 2 aromatic carbocycles. The normalized spacial score (nSPS) is 11.1. The second-order valence-corrected chi connectivity index (χ2v) is 5.36. The summed E-state index contributed by atoms with van der Waals surface area (Å²) in [5.74, 6) is 0.751. The van der Waals surface area contributed by atoms with Crippen LogP contribution in [0.5, 0.6) is 0 Å². The third-order valence-electron chi connectivity index (χ3n) is 3.96. The van der Waals surface area contributed by atoms with Crippen molar-refractivity contribution in [3.8, 4) is 0 Å². The number of nitrogens with zero attached hydrogens (tertiary/aromatic N) is 2. The molecule has 0 fully saturated rings. The highest BCUT2D eigenvalue weighted by atomic mass is 16.3. The van der Waals surface area contributed by atoms with Crippen molar-refractivity contribution in [2.24, 2.45) is 0 Å². The van der Waals surface area contributed by atoms with E-state index in [-0.39, 0.29) is 6.61 Å². The average Bonchev–Trinajstić information content (AvgIpc) is 2.87. The summed E-state index contributed by atoms with van der Waals surface area (Å²) in [7, 11) is 0. The number of aliphatic hydroxyl groups excluding tert-OH is 1. The zero-order valence-corrected chi connectivity index (χ0v) is 12.3. The molecule has 3 rings (SSSR count). The van der Waals surface area contributed by atoms with Crippen LogP contribution < -0.4 is 0 Å². The van der Waals surface area contributed by atoms with Crippen LogP contribution in [0.15, 0.2) is 48.5 Å². The van der Waals surface area contributed by atoms with Gasteiger partial charge in [0.05, 0.1) is 11.0 Å². The van der Waals surface area contributed by atoms with Crippen LogP contribution >= 0.6 is 0 Å². The van der Waals surface area contributed by atoms with Crippen molar-refractivity contribution in [3.05, 3.63) is 65.5 Å². The van der Waals surface area contributed by atoms with E-state index in [4.69, 9.17) is 0 Å². The monoisotopic (exact) mass is 280 g/mol. The number of aliphatic hydroxyl groups is 1. The van der Waals surface area contributed by atoms with E-state index in [0.717, 1.165) is 36.2 Å². The minimum Gasteiger partial charge on any atom is -0.388 e. The minimum atomic E-state index is -0.0148. The quantitative estimate of drug-likeness (QED) is 0.777. The maximum Gasteiger partial charge on any atom is 0.135 e. The van der Waals surface area contributed by atoms with Crippen LogP contribution in [-0.4, -0.2) is 14.7 Å². The van der Waals surface area contributed by atoms with Crippen molar-refractivity contribution in [2.45, 2.75) is 32.9 Å². The van der Waals surface area contributed by atoms with Gasteiger partial charge >= 0.3 is 0 Å². The topological polar surface area (TPSA) is 38.0 Å². The molecule has 1 N–H and O–H groups in total. The first-order valence-corrected chi connectivity index (χ1v) is 7.39. The maximum atomic E-state index is 9.50. The lowest BCUT2D eigenvalue weighted by Crippen LogP contribution is -2.05. The van der Waals surface area contributed by atoms with Gasteiger partial charge in [-0.15, -0.1) is 0 Å². The van der Waals surface area contributed by atoms with Crippen molar-refractivity contribution in [3.63, 3.8) is 0 Å². The summed E-state index contributed by atoms with van der Waals surface area (Å²) in [5, 5.41) is 9.50. The zero-order valence-electron chi connectivity index (χ0n) is 12.3. The van der Waals surface area contributed by atoms with E-state index in [2.05, 4.69) is 46.8 Å². The lowest BCUT2D eigenvalue weighted by atomic mass is 10.0. The van der Waals surface area contributed by atoms with Crippen LogP contribution in [0.25, 0.3) is 11.0 Å². The Morgan fingerprint density at radius 2 is 1.81 bits per heavy atom. The van der Waals surface area contributed by atoms with Crippen LogP contribution in [0, 0.1) is 6.92 Å². The predicted molar refractivity (Wildman–Crippen MR) is 85.2 cm³/mol. The molecule has 0 bridgehead atoms. The highest BCUT2D eigenvalue weighted by Crippen LogP contribution is 2.18. The van der Waals surface area contributed by atoms with E-state index in [9.17, 15) is 5.11 Å². The molecule has 0 aliphatic heterocycles. The molecule has 1 aromatic heterocycles. The van der Waals surface area contributed by atoms with Crippen molar-refractivity contribution in [1.29, 1.82) is 0 Å². The van der Waals surface area contributed by atoms with E-state index in [0.29, 0.717) is 0 Å². The Bertz CT molecular complexity index is 746. The van der Waals surface area contributed by atoms with Gasteiger partial charge in [-0.3, -0.25) is 0 Å². The van der Waals surface area contributed by atoms with Gasteiger partial charge in [0, 0.05) is 6.54 Å². The maximum absolute atomic E-state index is 9.50. The number of rotatable bonds is 5. The molecule has 0 amide bonds. The molecule has 0 saturated heterocycles. The Hall–Kier alpha value is -2.13. The van der Waals surface area contributed by atoms with Gasteiger partial charge in [0.1, 0.15) is 12.4 Å². The lowest BCUT2D eigenvalue weighted by molar-refractivity contribution is 0.265. The minimum absolute atomic E-state index is 0.0148. The number of hydrogen-bond donors (Lipinski definition) is 1. The van der Waals surface area contributed by atoms with Crippen LogP contribution in [0.1, 0.15) is 23.4 Å². The Morgan fingerprint density at radius 3 is 2.62 bits per heavy atom. The van der Waals surface area contributed by atoms with Crippen molar-refractivity contribution in [2.75, 3.05) is 0 Å². The molecule has 1 heterocycles. The fraction of sp³-hybridized carbons (Fsp3) is 0.278. The lowest BCUT2D eigenvalue weighted by Gasteiger charge is -2.09. The Balaban J connectivity index is 1.77. The summed E-state index contributed by atoms with van der Waals surface area (Å²) >= 11 is 0. The second kappa shape index (κ2) is 6.10. The van der Waals surface area contributed by atoms with Gasteiger partial charge in [-0.2, -0.15) is 0 Å². The second-order valence-electron chi connectivity index (χ2n) is 5.36. The van der Waals surface area contributed by atoms with E-state index in [1.54, 1.807) is 0 Å². The highest BCUT2D eigenvalue weighted by Gasteiger charge is 2.09. The molecule has 0 aliphatic rings. The van der Waals surface area contributed by atoms with Gasteiger partial charge in [0.25, 0.3) is 0 Å². The van der Waals surface area contributed by atoms with Gasteiger partial charge in [-0.05, 0) is 43.0 Å². The molecule has 0 unspecified atom stereocenters. The molecule has 108 valence electrons. The van der Waals surface area contributed by atoms with Crippen molar-refractivity contribution < 1.29 is 5.11 Å². The van der Waals surface area contributed by atoms with Crippen LogP contribution in [-0.2, 0) is 19.6 Å². The van der Waals surface area contributed by atoms with E-state index >= 15 is 0 Å². The third kappa shape index (κ3) is 2.83. The first kappa shape index (κ1) is 13.8. The fourth-order valence-electron chi connectivity index (χ4n) is 2.81. The fourth-order valence-corrected chi connectivity index (χ4v) is 2.81. The molecule has 0 atom stereocenters. The van der Waals surface area contributed by atoms with Gasteiger partial charge in [-0.25, -0.2) is 4.98 Å². The van der Waals surface area contributed by atoms with Crippen LogP contribution in [0.2, 0.25) is 0 Å². The molecule has 3 heteroatoms. The first-order valence-electron chi connectivity index (χ1n) is 7.39. The number of fused-ring (bicyclic) bond motifs is 1. The van der Waals surface area contributed by atoms with Gasteiger partial charge in [-0.1, -0.05) is 36.4 Å². The summed E-state index contributed by atoms with van der Waals surface area (Å²) in [5.41, 5.74) is 4.80. The molecule has 0 spiro atoms. The number of aryl methyl sites for hydroxylation is 3. The number of aromatic nitrogens is 2. The highest BCUT2D eigenvalue weighted by molar-refractivity contribution is 5.75. The summed E-state index contributed by atoms with van der Waals surface area (Å²) in [6.45, 7) is 3.02. The Labute approximate surface area is 124 Å². The standard InChI is InChI=1S/C18H20N2O/c1-14-7-2-3-8-15(14)9-6-12-20-17-11-5-4-10-16(17)19-18(20)13-21/h2-5,7-8,10-11,21H,6,9,12-13H2,1H3. The SMILES string of the molecule is Cc1ccccc1CCCn1c(CO)nc2ccccc21. The van der Waals surface area contributed by atoms with Crippen molar-refractivity contribution in [1.82, 2.24) is 9.55 Å². The molecule has 3 aromatic rings. The third-order valence-corrected chi connectivity index (χ3v) is 3.96. The van der Waals surface area contributed by atoms with E-state index < -0.39 is 0 Å². The average molecular weight is 280 g/mol. The molecule has 0 saturated carbocycles. The van der Waals surface area contributed by atoms with E-state index in [1.165, 1.54) is 11.1 Å². The molecule has 0 aliphatic carbocycles. The number of benzene rings is 2.